The van der Waals surface area contributed by atoms with Gasteiger partial charge in [0, 0.05) is 31.0 Å². The maximum atomic E-state index is 12.6. The maximum Gasteiger partial charge on any atom is 0.253 e. The van der Waals surface area contributed by atoms with Gasteiger partial charge in [-0.15, -0.1) is 0 Å². The lowest BCUT2D eigenvalue weighted by Gasteiger charge is -2.34. The fourth-order valence-corrected chi connectivity index (χ4v) is 3.09. The van der Waals surface area contributed by atoms with Crippen molar-refractivity contribution in [3.63, 3.8) is 0 Å². The van der Waals surface area contributed by atoms with Crippen LogP contribution in [0, 0.1) is 5.92 Å². The van der Waals surface area contributed by atoms with E-state index in [1.54, 1.807) is 0 Å². The number of fused-ring (bicyclic) bond motifs is 1. The zero-order valence-electron chi connectivity index (χ0n) is 11.8. The molecule has 0 aliphatic carbocycles. The van der Waals surface area contributed by atoms with Gasteiger partial charge in [0.1, 0.15) is 5.75 Å². The van der Waals surface area contributed by atoms with Crippen molar-refractivity contribution in [1.82, 2.24) is 4.90 Å². The predicted octanol–water partition coefficient (Wildman–Crippen LogP) is 1.85. The highest BCUT2D eigenvalue weighted by atomic mass is 16.5. The molecule has 2 unspecified atom stereocenters. The van der Waals surface area contributed by atoms with Crippen molar-refractivity contribution >= 4 is 5.91 Å². The molecule has 1 amide bonds. The molecule has 0 aromatic heterocycles. The Morgan fingerprint density at radius 3 is 3.15 bits per heavy atom. The number of nitrogens with zero attached hydrogens (tertiary/aromatic N) is 1. The van der Waals surface area contributed by atoms with E-state index in [0.717, 1.165) is 42.7 Å². The quantitative estimate of drug-likeness (QED) is 0.896. The van der Waals surface area contributed by atoms with Gasteiger partial charge in [0.25, 0.3) is 5.91 Å². The van der Waals surface area contributed by atoms with Crippen molar-refractivity contribution in [2.75, 3.05) is 19.7 Å². The van der Waals surface area contributed by atoms with Crippen LogP contribution in [0.25, 0.3) is 0 Å². The molecule has 1 aromatic carbocycles. The molecular formula is C16H21NO3. The van der Waals surface area contributed by atoms with Gasteiger partial charge in [-0.1, -0.05) is 0 Å². The lowest BCUT2D eigenvalue weighted by atomic mass is 9.93. The molecule has 1 saturated heterocycles. The predicted molar refractivity (Wildman–Crippen MR) is 75.9 cm³/mol. The molecule has 1 fully saturated rings. The summed E-state index contributed by atoms with van der Waals surface area (Å²) < 4.78 is 5.47. The topological polar surface area (TPSA) is 49.8 Å². The number of carbonyl (C=O) groups is 1. The summed E-state index contributed by atoms with van der Waals surface area (Å²) in [6.45, 7) is 3.96. The summed E-state index contributed by atoms with van der Waals surface area (Å²) in [6.07, 6.45) is 2.50. The SMILES string of the molecule is CC(O)C1CCCN(C(=O)c2ccc3c(c2)CCO3)C1. The molecule has 1 aromatic rings. The summed E-state index contributed by atoms with van der Waals surface area (Å²) in [6, 6.07) is 5.70. The molecule has 0 spiro atoms. The van der Waals surface area contributed by atoms with Gasteiger partial charge in [-0.05, 0) is 43.5 Å². The number of amides is 1. The van der Waals surface area contributed by atoms with E-state index < -0.39 is 0 Å². The van der Waals surface area contributed by atoms with Crippen LogP contribution in [0.2, 0.25) is 0 Å². The number of benzene rings is 1. The van der Waals surface area contributed by atoms with E-state index in [1.165, 1.54) is 0 Å². The summed E-state index contributed by atoms with van der Waals surface area (Å²) in [4.78, 5) is 14.4. The molecule has 3 rings (SSSR count). The highest BCUT2D eigenvalue weighted by Gasteiger charge is 2.27. The van der Waals surface area contributed by atoms with Crippen LogP contribution >= 0.6 is 0 Å². The van der Waals surface area contributed by atoms with E-state index >= 15 is 0 Å². The molecule has 0 saturated carbocycles. The Morgan fingerprint density at radius 1 is 1.50 bits per heavy atom. The second kappa shape index (κ2) is 5.44. The Bertz CT molecular complexity index is 512. The molecule has 4 nitrogen and oxygen atoms in total. The van der Waals surface area contributed by atoms with E-state index in [-0.39, 0.29) is 17.9 Å². The van der Waals surface area contributed by atoms with Gasteiger partial charge < -0.3 is 14.7 Å². The number of piperidine rings is 1. The number of likely N-dealkylation sites (tertiary alicyclic amines) is 1. The van der Waals surface area contributed by atoms with Crippen molar-refractivity contribution in [3.05, 3.63) is 29.3 Å². The Hall–Kier alpha value is -1.55. The maximum absolute atomic E-state index is 12.6. The van der Waals surface area contributed by atoms with Crippen molar-refractivity contribution in [2.45, 2.75) is 32.3 Å². The second-order valence-electron chi connectivity index (χ2n) is 5.82. The number of ether oxygens (including phenoxy) is 1. The summed E-state index contributed by atoms with van der Waals surface area (Å²) >= 11 is 0. The third kappa shape index (κ3) is 2.52. The number of aliphatic hydroxyl groups is 1. The van der Waals surface area contributed by atoms with Gasteiger partial charge in [0.2, 0.25) is 0 Å². The molecule has 2 aliphatic heterocycles. The Morgan fingerprint density at radius 2 is 2.35 bits per heavy atom. The number of aliphatic hydroxyl groups excluding tert-OH is 1. The van der Waals surface area contributed by atoms with Crippen LogP contribution in [-0.4, -0.2) is 41.7 Å². The first-order chi connectivity index (χ1) is 9.65. The van der Waals surface area contributed by atoms with Crippen molar-refractivity contribution in [3.8, 4) is 5.75 Å². The number of hydrogen-bond donors (Lipinski definition) is 1. The van der Waals surface area contributed by atoms with Gasteiger partial charge in [-0.3, -0.25) is 4.79 Å². The molecule has 1 N–H and O–H groups in total. The van der Waals surface area contributed by atoms with E-state index in [1.807, 2.05) is 30.0 Å². The summed E-state index contributed by atoms with van der Waals surface area (Å²) in [5.74, 6) is 1.18. The van der Waals surface area contributed by atoms with Gasteiger partial charge >= 0.3 is 0 Å². The number of hydrogen-bond acceptors (Lipinski definition) is 3. The minimum Gasteiger partial charge on any atom is -0.493 e. The van der Waals surface area contributed by atoms with Crippen LogP contribution < -0.4 is 4.74 Å². The third-order valence-electron chi connectivity index (χ3n) is 4.36. The minimum atomic E-state index is -0.348. The highest BCUT2D eigenvalue weighted by Crippen LogP contribution is 2.27. The zero-order valence-corrected chi connectivity index (χ0v) is 11.8. The van der Waals surface area contributed by atoms with Gasteiger partial charge in [0.05, 0.1) is 12.7 Å². The summed E-state index contributed by atoms with van der Waals surface area (Å²) in [7, 11) is 0. The third-order valence-corrected chi connectivity index (χ3v) is 4.36. The van der Waals surface area contributed by atoms with Gasteiger partial charge in [-0.25, -0.2) is 0 Å². The standard InChI is InChI=1S/C16H21NO3/c1-11(18)14-3-2-7-17(10-14)16(19)13-4-5-15-12(9-13)6-8-20-15/h4-5,9,11,14,18H,2-3,6-8,10H2,1H3. The van der Waals surface area contributed by atoms with Gasteiger partial charge in [-0.2, -0.15) is 0 Å². The number of carbonyl (C=O) groups excluding carboxylic acids is 1. The molecule has 108 valence electrons. The van der Waals surface area contributed by atoms with Crippen LogP contribution in [0.4, 0.5) is 0 Å². The number of rotatable bonds is 2. The Labute approximate surface area is 119 Å². The van der Waals surface area contributed by atoms with Crippen LogP contribution in [0.15, 0.2) is 18.2 Å². The highest BCUT2D eigenvalue weighted by molar-refractivity contribution is 5.94. The van der Waals surface area contributed by atoms with Crippen LogP contribution in [0.3, 0.4) is 0 Å². The van der Waals surface area contributed by atoms with Crippen LogP contribution in [0.1, 0.15) is 35.7 Å². The second-order valence-corrected chi connectivity index (χ2v) is 5.82. The molecule has 20 heavy (non-hydrogen) atoms. The molecule has 2 atom stereocenters. The van der Waals surface area contributed by atoms with Crippen LogP contribution in [0.5, 0.6) is 5.75 Å². The smallest absolute Gasteiger partial charge is 0.253 e. The van der Waals surface area contributed by atoms with E-state index in [2.05, 4.69) is 0 Å². The molecule has 0 bridgehead atoms. The minimum absolute atomic E-state index is 0.0741. The normalized spacial score (nSPS) is 23.1. The lowest BCUT2D eigenvalue weighted by Crippen LogP contribution is -2.42. The average molecular weight is 275 g/mol. The monoisotopic (exact) mass is 275 g/mol. The fourth-order valence-electron chi connectivity index (χ4n) is 3.09. The average Bonchev–Trinajstić information content (AvgIpc) is 2.94. The Balaban J connectivity index is 1.75. The van der Waals surface area contributed by atoms with Gasteiger partial charge in [0.15, 0.2) is 0 Å². The Kier molecular flexibility index (Phi) is 3.66. The van der Waals surface area contributed by atoms with Crippen molar-refractivity contribution in [1.29, 1.82) is 0 Å². The van der Waals surface area contributed by atoms with E-state index in [4.69, 9.17) is 4.74 Å². The largest absolute Gasteiger partial charge is 0.493 e. The molecule has 4 heteroatoms. The fraction of sp³-hybridized carbons (Fsp3) is 0.562. The lowest BCUT2D eigenvalue weighted by molar-refractivity contribution is 0.0466. The first-order valence-electron chi connectivity index (χ1n) is 7.38. The van der Waals surface area contributed by atoms with Crippen molar-refractivity contribution < 1.29 is 14.6 Å². The first kappa shape index (κ1) is 13.4. The summed E-state index contributed by atoms with van der Waals surface area (Å²) in [5, 5.41) is 9.72. The summed E-state index contributed by atoms with van der Waals surface area (Å²) in [5.41, 5.74) is 1.86. The molecule has 2 aliphatic rings. The van der Waals surface area contributed by atoms with Crippen molar-refractivity contribution in [2.24, 2.45) is 5.92 Å². The van der Waals surface area contributed by atoms with E-state index in [0.29, 0.717) is 13.2 Å². The van der Waals surface area contributed by atoms with Crippen LogP contribution in [-0.2, 0) is 6.42 Å². The molecule has 0 radical (unpaired) electrons. The first-order valence-corrected chi connectivity index (χ1v) is 7.38. The molecule has 2 heterocycles. The zero-order chi connectivity index (χ0) is 14.1. The van der Waals surface area contributed by atoms with E-state index in [9.17, 15) is 9.90 Å². The molecular weight excluding hydrogens is 254 g/mol.